The molecular weight excluding hydrogens is 338 g/mol. The van der Waals surface area contributed by atoms with Crippen LogP contribution in [0.15, 0.2) is 60.8 Å². The molecule has 0 radical (unpaired) electrons. The van der Waals surface area contributed by atoms with Crippen LogP contribution in [0.5, 0.6) is 0 Å². The molecule has 0 fully saturated rings. The quantitative estimate of drug-likeness (QED) is 0.720. The molecule has 2 aromatic carbocycles. The Hall–Kier alpha value is -3.47. The van der Waals surface area contributed by atoms with Gasteiger partial charge in [-0.2, -0.15) is 0 Å². The molecule has 3 rings (SSSR count). The zero-order valence-electron chi connectivity index (χ0n) is 15.5. The van der Waals surface area contributed by atoms with Gasteiger partial charge in [0.05, 0.1) is 0 Å². The number of carbonyl (C=O) groups is 2. The van der Waals surface area contributed by atoms with Crippen molar-refractivity contribution in [3.63, 3.8) is 0 Å². The summed E-state index contributed by atoms with van der Waals surface area (Å²) in [5.74, 6) is -0.645. The van der Waals surface area contributed by atoms with Crippen molar-refractivity contribution in [2.45, 2.75) is 20.8 Å². The van der Waals surface area contributed by atoms with E-state index in [-0.39, 0.29) is 17.5 Å². The van der Waals surface area contributed by atoms with Crippen LogP contribution in [-0.4, -0.2) is 16.8 Å². The van der Waals surface area contributed by atoms with Gasteiger partial charge in [0.1, 0.15) is 5.69 Å². The largest absolute Gasteiger partial charge is 0.322 e. The van der Waals surface area contributed by atoms with Gasteiger partial charge < -0.3 is 10.6 Å². The lowest BCUT2D eigenvalue weighted by atomic mass is 10.1. The third-order valence-corrected chi connectivity index (χ3v) is 4.19. The van der Waals surface area contributed by atoms with Crippen LogP contribution in [0.1, 0.15) is 37.5 Å². The van der Waals surface area contributed by atoms with Crippen LogP contribution in [0.4, 0.5) is 11.4 Å². The van der Waals surface area contributed by atoms with Crippen molar-refractivity contribution in [2.75, 3.05) is 10.6 Å². The lowest BCUT2D eigenvalue weighted by molar-refractivity contribution is 0.102. The molecule has 3 aromatic rings. The van der Waals surface area contributed by atoms with E-state index in [2.05, 4.69) is 15.6 Å². The number of benzene rings is 2. The van der Waals surface area contributed by atoms with Gasteiger partial charge in [-0.05, 0) is 56.7 Å². The summed E-state index contributed by atoms with van der Waals surface area (Å²) in [6, 6.07) is 16.4. The summed E-state index contributed by atoms with van der Waals surface area (Å²) in [5.41, 5.74) is 5.19. The number of rotatable bonds is 4. The van der Waals surface area contributed by atoms with Crippen LogP contribution < -0.4 is 10.6 Å². The summed E-state index contributed by atoms with van der Waals surface area (Å²) >= 11 is 0. The molecule has 5 heteroatoms. The second kappa shape index (κ2) is 7.83. The van der Waals surface area contributed by atoms with E-state index in [0.717, 1.165) is 22.4 Å². The van der Waals surface area contributed by atoms with Gasteiger partial charge in [-0.3, -0.25) is 14.6 Å². The molecule has 2 amide bonds. The average molecular weight is 359 g/mol. The van der Waals surface area contributed by atoms with E-state index in [1.165, 1.54) is 12.3 Å². The summed E-state index contributed by atoms with van der Waals surface area (Å²) < 4.78 is 0. The zero-order valence-corrected chi connectivity index (χ0v) is 15.5. The van der Waals surface area contributed by atoms with E-state index in [4.69, 9.17) is 0 Å². The molecule has 0 atom stereocenters. The van der Waals surface area contributed by atoms with Gasteiger partial charge in [-0.1, -0.05) is 35.4 Å². The lowest BCUT2D eigenvalue weighted by Crippen LogP contribution is -2.17. The highest BCUT2D eigenvalue weighted by atomic mass is 16.2. The summed E-state index contributed by atoms with van der Waals surface area (Å²) in [5, 5.41) is 5.66. The Morgan fingerprint density at radius 2 is 1.48 bits per heavy atom. The first-order valence-corrected chi connectivity index (χ1v) is 8.65. The maximum atomic E-state index is 12.5. The molecule has 0 saturated carbocycles. The van der Waals surface area contributed by atoms with Crippen molar-refractivity contribution >= 4 is 23.2 Å². The number of aryl methyl sites for hydroxylation is 3. The van der Waals surface area contributed by atoms with Crippen molar-refractivity contribution in [3.05, 3.63) is 88.7 Å². The molecule has 1 aromatic heterocycles. The number of carbonyl (C=O) groups excluding carboxylic acids is 2. The van der Waals surface area contributed by atoms with E-state index in [0.29, 0.717) is 11.3 Å². The smallest absolute Gasteiger partial charge is 0.274 e. The third kappa shape index (κ3) is 4.58. The Morgan fingerprint density at radius 3 is 2.19 bits per heavy atom. The number of pyridine rings is 1. The molecule has 136 valence electrons. The van der Waals surface area contributed by atoms with Gasteiger partial charge in [0, 0.05) is 23.1 Å². The Kier molecular flexibility index (Phi) is 5.31. The molecule has 27 heavy (non-hydrogen) atoms. The van der Waals surface area contributed by atoms with E-state index >= 15 is 0 Å². The number of hydrogen-bond acceptors (Lipinski definition) is 3. The number of hydrogen-bond donors (Lipinski definition) is 2. The van der Waals surface area contributed by atoms with Gasteiger partial charge in [0.2, 0.25) is 0 Å². The maximum Gasteiger partial charge on any atom is 0.274 e. The second-order valence-electron chi connectivity index (χ2n) is 6.52. The normalized spacial score (nSPS) is 10.3. The number of nitrogens with one attached hydrogen (secondary N) is 2. The Bertz CT molecular complexity index is 995. The first kappa shape index (κ1) is 18.3. The van der Waals surface area contributed by atoms with Gasteiger partial charge >= 0.3 is 0 Å². The van der Waals surface area contributed by atoms with Gasteiger partial charge in [-0.15, -0.1) is 0 Å². The summed E-state index contributed by atoms with van der Waals surface area (Å²) in [7, 11) is 0. The Labute approximate surface area is 158 Å². The Balaban J connectivity index is 1.75. The van der Waals surface area contributed by atoms with Crippen molar-refractivity contribution in [2.24, 2.45) is 0 Å². The average Bonchev–Trinajstić information content (AvgIpc) is 2.66. The Morgan fingerprint density at radius 1 is 0.778 bits per heavy atom. The minimum Gasteiger partial charge on any atom is -0.322 e. The second-order valence-corrected chi connectivity index (χ2v) is 6.52. The number of anilines is 2. The first-order valence-electron chi connectivity index (χ1n) is 8.65. The number of aromatic nitrogens is 1. The van der Waals surface area contributed by atoms with E-state index in [9.17, 15) is 9.59 Å². The molecule has 0 unspecified atom stereocenters. The van der Waals surface area contributed by atoms with E-state index in [1.807, 2.05) is 63.2 Å². The summed E-state index contributed by atoms with van der Waals surface area (Å²) in [4.78, 5) is 29.1. The summed E-state index contributed by atoms with van der Waals surface area (Å²) in [6.45, 7) is 5.91. The maximum absolute atomic E-state index is 12.5. The lowest BCUT2D eigenvalue weighted by Gasteiger charge is -2.10. The van der Waals surface area contributed by atoms with Crippen LogP contribution in [0.3, 0.4) is 0 Å². The zero-order chi connectivity index (χ0) is 19.4. The van der Waals surface area contributed by atoms with E-state index < -0.39 is 0 Å². The van der Waals surface area contributed by atoms with Crippen LogP contribution in [0.2, 0.25) is 0 Å². The summed E-state index contributed by atoms with van der Waals surface area (Å²) in [6.07, 6.45) is 1.46. The molecule has 0 aliphatic carbocycles. The van der Waals surface area contributed by atoms with Crippen molar-refractivity contribution in [1.29, 1.82) is 0 Å². The van der Waals surface area contributed by atoms with Crippen molar-refractivity contribution in [1.82, 2.24) is 4.98 Å². The predicted octanol–water partition coefficient (Wildman–Crippen LogP) is 4.51. The first-order chi connectivity index (χ1) is 12.9. The van der Waals surface area contributed by atoms with Gasteiger partial charge in [-0.25, -0.2) is 0 Å². The van der Waals surface area contributed by atoms with Crippen LogP contribution in [0, 0.1) is 20.8 Å². The molecule has 0 saturated heterocycles. The molecule has 5 nitrogen and oxygen atoms in total. The topological polar surface area (TPSA) is 71.1 Å². The SMILES string of the molecule is Cc1ccc(NC(=O)c2ccnc(C(=O)Nc3ccc(C)cc3C)c2)cc1. The van der Waals surface area contributed by atoms with Crippen LogP contribution >= 0.6 is 0 Å². The standard InChI is InChI=1S/C22H21N3O2/c1-14-4-7-18(8-5-14)24-21(26)17-10-11-23-20(13-17)22(27)25-19-9-6-15(2)12-16(19)3/h4-13H,1-3H3,(H,24,26)(H,25,27). The molecular formula is C22H21N3O2. The molecule has 1 heterocycles. The van der Waals surface area contributed by atoms with Crippen molar-refractivity contribution < 1.29 is 9.59 Å². The molecule has 0 spiro atoms. The highest BCUT2D eigenvalue weighted by Crippen LogP contribution is 2.17. The predicted molar refractivity (Wildman–Crippen MR) is 107 cm³/mol. The fraction of sp³-hybridized carbons (Fsp3) is 0.136. The monoisotopic (exact) mass is 359 g/mol. The molecule has 0 bridgehead atoms. The highest BCUT2D eigenvalue weighted by Gasteiger charge is 2.13. The molecule has 0 aliphatic rings. The minimum absolute atomic E-state index is 0.187. The van der Waals surface area contributed by atoms with Gasteiger partial charge in [0.15, 0.2) is 0 Å². The highest BCUT2D eigenvalue weighted by molar-refractivity contribution is 6.08. The number of nitrogens with zero attached hydrogens (tertiary/aromatic N) is 1. The van der Waals surface area contributed by atoms with E-state index in [1.54, 1.807) is 6.07 Å². The van der Waals surface area contributed by atoms with Crippen molar-refractivity contribution in [3.8, 4) is 0 Å². The fourth-order valence-corrected chi connectivity index (χ4v) is 2.68. The fourth-order valence-electron chi connectivity index (χ4n) is 2.68. The minimum atomic E-state index is -0.355. The number of amides is 2. The molecule has 0 aliphatic heterocycles. The van der Waals surface area contributed by atoms with Crippen LogP contribution in [0.25, 0.3) is 0 Å². The molecule has 2 N–H and O–H groups in total. The van der Waals surface area contributed by atoms with Crippen LogP contribution in [-0.2, 0) is 0 Å². The van der Waals surface area contributed by atoms with Gasteiger partial charge in [0.25, 0.3) is 11.8 Å². The third-order valence-electron chi connectivity index (χ3n) is 4.19.